The lowest BCUT2D eigenvalue weighted by Gasteiger charge is -2.17. The van der Waals surface area contributed by atoms with Gasteiger partial charge in [0.2, 0.25) is 0 Å². The van der Waals surface area contributed by atoms with Gasteiger partial charge in [0, 0.05) is 0 Å². The molecule has 0 aromatic rings. The number of hydrogen-bond donors (Lipinski definition) is 0. The summed E-state index contributed by atoms with van der Waals surface area (Å²) in [7, 11) is 0. The largest absolute Gasteiger partial charge is 0.466 e. The quantitative estimate of drug-likeness (QED) is 0.569. The molecule has 0 radical (unpaired) electrons. The summed E-state index contributed by atoms with van der Waals surface area (Å²) in [5, 5.41) is 0. The summed E-state index contributed by atoms with van der Waals surface area (Å²) in [5.74, 6) is -0.810. The molecule has 4 heteroatoms. The molecule has 4 nitrogen and oxygen atoms in total. The van der Waals surface area contributed by atoms with Gasteiger partial charge in [-0.1, -0.05) is 13.0 Å². The molecule has 0 unspecified atom stereocenters. The molecule has 1 fully saturated rings. The monoisotopic (exact) mass is 270 g/mol. The highest BCUT2D eigenvalue weighted by molar-refractivity contribution is 5.72. The third-order valence-corrected chi connectivity index (χ3v) is 3.24. The van der Waals surface area contributed by atoms with E-state index in [0.717, 1.165) is 5.57 Å². The van der Waals surface area contributed by atoms with Crippen LogP contribution in [0.3, 0.4) is 0 Å². The first-order valence-electron chi connectivity index (χ1n) is 6.95. The molecule has 3 atom stereocenters. The van der Waals surface area contributed by atoms with E-state index in [9.17, 15) is 4.79 Å². The van der Waals surface area contributed by atoms with Crippen molar-refractivity contribution < 1.29 is 19.0 Å². The van der Waals surface area contributed by atoms with Crippen molar-refractivity contribution in [1.82, 2.24) is 0 Å². The summed E-state index contributed by atoms with van der Waals surface area (Å²) in [6.07, 6.45) is 2.71. The average Bonchev–Trinajstić information content (AvgIpc) is 2.59. The van der Waals surface area contributed by atoms with E-state index in [4.69, 9.17) is 14.2 Å². The molecule has 1 aliphatic rings. The fourth-order valence-electron chi connectivity index (χ4n) is 2.26. The van der Waals surface area contributed by atoms with Gasteiger partial charge in [0.1, 0.15) is 6.10 Å². The maximum absolute atomic E-state index is 11.5. The molecule has 0 amide bonds. The third-order valence-electron chi connectivity index (χ3n) is 3.24. The Morgan fingerprint density at radius 1 is 1.42 bits per heavy atom. The van der Waals surface area contributed by atoms with Gasteiger partial charge in [-0.15, -0.1) is 0 Å². The van der Waals surface area contributed by atoms with Crippen LogP contribution in [0.4, 0.5) is 0 Å². The molecule has 1 rings (SSSR count). The second-order valence-corrected chi connectivity index (χ2v) is 5.60. The van der Waals surface area contributed by atoms with Crippen molar-refractivity contribution in [3.8, 4) is 0 Å². The zero-order valence-electron chi connectivity index (χ0n) is 12.9. The SMILES string of the molecule is CCOC(=O)[C@H](C)C/C=C(\C)[C@H]1OC(C)(C)O[C@@H]1C. The Morgan fingerprint density at radius 2 is 2.05 bits per heavy atom. The molecular formula is C15H26O4. The maximum Gasteiger partial charge on any atom is 0.308 e. The minimum atomic E-state index is -0.536. The lowest BCUT2D eigenvalue weighted by Crippen LogP contribution is -2.22. The standard InChI is InChI=1S/C15H26O4/c1-7-17-14(16)11(3)9-8-10(2)13-12(4)18-15(5,6)19-13/h8,11-13H,7,9H2,1-6H3/b10-8+/t11-,12-,13-/m1/s1. The number of esters is 1. The summed E-state index contributed by atoms with van der Waals surface area (Å²) in [6, 6.07) is 0. The van der Waals surface area contributed by atoms with Crippen LogP contribution in [0.1, 0.15) is 48.0 Å². The first-order valence-corrected chi connectivity index (χ1v) is 6.95. The zero-order chi connectivity index (χ0) is 14.6. The summed E-state index contributed by atoms with van der Waals surface area (Å²) >= 11 is 0. The minimum Gasteiger partial charge on any atom is -0.466 e. The number of hydrogen-bond acceptors (Lipinski definition) is 4. The Hall–Kier alpha value is -0.870. The van der Waals surface area contributed by atoms with Gasteiger partial charge in [0.05, 0.1) is 18.6 Å². The highest BCUT2D eigenvalue weighted by Gasteiger charge is 2.39. The van der Waals surface area contributed by atoms with Gasteiger partial charge in [-0.25, -0.2) is 0 Å². The van der Waals surface area contributed by atoms with Crippen molar-refractivity contribution >= 4 is 5.97 Å². The van der Waals surface area contributed by atoms with E-state index in [0.29, 0.717) is 13.0 Å². The Balaban J connectivity index is 2.56. The van der Waals surface area contributed by atoms with E-state index in [-0.39, 0.29) is 24.1 Å². The van der Waals surface area contributed by atoms with Crippen LogP contribution in [0.2, 0.25) is 0 Å². The predicted molar refractivity (Wildman–Crippen MR) is 73.7 cm³/mol. The molecular weight excluding hydrogens is 244 g/mol. The third kappa shape index (κ3) is 4.62. The zero-order valence-corrected chi connectivity index (χ0v) is 12.9. The Labute approximate surface area is 116 Å². The van der Waals surface area contributed by atoms with Crippen LogP contribution in [0.5, 0.6) is 0 Å². The van der Waals surface area contributed by atoms with Crippen LogP contribution in [0.25, 0.3) is 0 Å². The Morgan fingerprint density at radius 3 is 2.53 bits per heavy atom. The smallest absolute Gasteiger partial charge is 0.308 e. The number of allylic oxidation sites excluding steroid dienone is 1. The first-order chi connectivity index (χ1) is 8.76. The van der Waals surface area contributed by atoms with Crippen molar-refractivity contribution in [2.45, 2.75) is 66.0 Å². The highest BCUT2D eigenvalue weighted by atomic mass is 16.7. The van der Waals surface area contributed by atoms with Crippen LogP contribution >= 0.6 is 0 Å². The maximum atomic E-state index is 11.5. The topological polar surface area (TPSA) is 44.8 Å². The molecule has 0 bridgehead atoms. The van der Waals surface area contributed by atoms with E-state index in [1.807, 2.05) is 47.6 Å². The second-order valence-electron chi connectivity index (χ2n) is 5.60. The van der Waals surface area contributed by atoms with E-state index >= 15 is 0 Å². The minimum absolute atomic E-state index is 0.0316. The van der Waals surface area contributed by atoms with Crippen molar-refractivity contribution in [2.24, 2.45) is 5.92 Å². The lowest BCUT2D eigenvalue weighted by atomic mass is 10.0. The van der Waals surface area contributed by atoms with Gasteiger partial charge in [-0.05, 0) is 46.6 Å². The summed E-state index contributed by atoms with van der Waals surface area (Å²) < 4.78 is 16.6. The van der Waals surface area contributed by atoms with Crippen LogP contribution in [-0.2, 0) is 19.0 Å². The molecule has 1 saturated heterocycles. The van der Waals surface area contributed by atoms with E-state index in [2.05, 4.69) is 0 Å². The summed E-state index contributed by atoms with van der Waals surface area (Å²) in [4.78, 5) is 11.5. The van der Waals surface area contributed by atoms with Crippen molar-refractivity contribution in [1.29, 1.82) is 0 Å². The summed E-state index contributed by atoms with van der Waals surface area (Å²) in [6.45, 7) is 12.0. The normalized spacial score (nSPS) is 28.2. The van der Waals surface area contributed by atoms with Gasteiger partial charge in [-0.3, -0.25) is 4.79 Å². The molecule has 110 valence electrons. The fraction of sp³-hybridized carbons (Fsp3) is 0.800. The van der Waals surface area contributed by atoms with E-state index in [1.165, 1.54) is 0 Å². The molecule has 0 aromatic heterocycles. The van der Waals surface area contributed by atoms with Crippen molar-refractivity contribution in [3.63, 3.8) is 0 Å². The molecule has 0 aromatic carbocycles. The van der Waals surface area contributed by atoms with Crippen LogP contribution in [0, 0.1) is 5.92 Å². The second kappa shape index (κ2) is 6.53. The van der Waals surface area contributed by atoms with Crippen LogP contribution in [-0.4, -0.2) is 30.6 Å². The lowest BCUT2D eigenvalue weighted by molar-refractivity contribution is -0.147. The Kier molecular flexibility index (Phi) is 5.56. The fourth-order valence-corrected chi connectivity index (χ4v) is 2.26. The number of carbonyl (C=O) groups is 1. The van der Waals surface area contributed by atoms with Crippen LogP contribution < -0.4 is 0 Å². The molecule has 0 saturated carbocycles. The van der Waals surface area contributed by atoms with Crippen molar-refractivity contribution in [3.05, 3.63) is 11.6 Å². The van der Waals surface area contributed by atoms with Gasteiger partial charge < -0.3 is 14.2 Å². The number of carbonyl (C=O) groups excluding carboxylic acids is 1. The van der Waals surface area contributed by atoms with Gasteiger partial charge in [0.15, 0.2) is 5.79 Å². The van der Waals surface area contributed by atoms with E-state index < -0.39 is 5.79 Å². The molecule has 1 heterocycles. The van der Waals surface area contributed by atoms with Gasteiger partial charge in [0.25, 0.3) is 0 Å². The van der Waals surface area contributed by atoms with Gasteiger partial charge >= 0.3 is 5.97 Å². The van der Waals surface area contributed by atoms with Crippen LogP contribution in [0.15, 0.2) is 11.6 Å². The van der Waals surface area contributed by atoms with Crippen molar-refractivity contribution in [2.75, 3.05) is 6.61 Å². The molecule has 0 spiro atoms. The van der Waals surface area contributed by atoms with Gasteiger partial charge in [-0.2, -0.15) is 0 Å². The first kappa shape index (κ1) is 16.2. The average molecular weight is 270 g/mol. The summed E-state index contributed by atoms with van der Waals surface area (Å²) in [5.41, 5.74) is 1.11. The number of rotatable bonds is 5. The number of ether oxygens (including phenoxy) is 3. The predicted octanol–water partition coefficient (Wildman–Crippen LogP) is 3.06. The molecule has 1 aliphatic heterocycles. The Bertz CT molecular complexity index is 346. The highest BCUT2D eigenvalue weighted by Crippen LogP contribution is 2.31. The molecule has 0 aliphatic carbocycles. The molecule has 0 N–H and O–H groups in total. The van der Waals surface area contributed by atoms with E-state index in [1.54, 1.807) is 0 Å². The molecule has 19 heavy (non-hydrogen) atoms.